The molecule has 24 heavy (non-hydrogen) atoms. The number of carbonyl (C=O) groups excluding carboxylic acids is 2. The summed E-state index contributed by atoms with van der Waals surface area (Å²) in [5, 5.41) is 5.64. The van der Waals surface area contributed by atoms with Crippen molar-refractivity contribution in [1.29, 1.82) is 0 Å². The van der Waals surface area contributed by atoms with Gasteiger partial charge in [0.15, 0.2) is 0 Å². The van der Waals surface area contributed by atoms with Crippen LogP contribution in [-0.4, -0.2) is 18.4 Å². The summed E-state index contributed by atoms with van der Waals surface area (Å²) in [7, 11) is 0. The quantitative estimate of drug-likeness (QED) is 0.806. The fourth-order valence-corrected chi connectivity index (χ4v) is 2.22. The third-order valence-corrected chi connectivity index (χ3v) is 3.34. The minimum atomic E-state index is -0.234. The molecule has 2 aromatic rings. The number of ether oxygens (including phenoxy) is 1. The lowest BCUT2D eigenvalue weighted by Crippen LogP contribution is -2.14. The highest BCUT2D eigenvalue weighted by Crippen LogP contribution is 2.20. The van der Waals surface area contributed by atoms with E-state index in [-0.39, 0.29) is 11.8 Å². The summed E-state index contributed by atoms with van der Waals surface area (Å²) in [5.41, 5.74) is 1.85. The molecule has 5 heteroatoms. The first-order valence-corrected chi connectivity index (χ1v) is 8.07. The molecule has 126 valence electrons. The Morgan fingerprint density at radius 1 is 0.917 bits per heavy atom. The van der Waals surface area contributed by atoms with Crippen LogP contribution in [0.2, 0.25) is 0 Å². The highest BCUT2D eigenvalue weighted by Gasteiger charge is 2.12. The first kappa shape index (κ1) is 17.5. The Morgan fingerprint density at radius 2 is 1.54 bits per heavy atom. The van der Waals surface area contributed by atoms with Crippen molar-refractivity contribution in [2.24, 2.45) is 0 Å². The lowest BCUT2D eigenvalue weighted by Gasteiger charge is -2.11. The van der Waals surface area contributed by atoms with Gasteiger partial charge >= 0.3 is 0 Å². The van der Waals surface area contributed by atoms with Crippen LogP contribution >= 0.6 is 0 Å². The molecule has 0 heterocycles. The van der Waals surface area contributed by atoms with Crippen molar-refractivity contribution in [3.63, 3.8) is 0 Å². The molecule has 5 nitrogen and oxygen atoms in total. The van der Waals surface area contributed by atoms with Crippen LogP contribution in [0.3, 0.4) is 0 Å². The maximum Gasteiger partial charge on any atom is 0.259 e. The average Bonchev–Trinajstić information content (AvgIpc) is 2.57. The van der Waals surface area contributed by atoms with Gasteiger partial charge in [0.05, 0.1) is 12.2 Å². The van der Waals surface area contributed by atoms with Gasteiger partial charge in [0.1, 0.15) is 5.75 Å². The standard InChI is InChI=1S/C19H22N2O3/c1-3-7-18(22)20-14-10-12-15(13-11-14)21-19(23)16-8-5-6-9-17(16)24-4-2/h5-6,8-13H,3-4,7H2,1-2H3,(H,20,22)(H,21,23). The SMILES string of the molecule is CCCC(=O)Nc1ccc(NC(=O)c2ccccc2OCC)cc1. The lowest BCUT2D eigenvalue weighted by molar-refractivity contribution is -0.116. The van der Waals surface area contributed by atoms with Gasteiger partial charge in [-0.2, -0.15) is 0 Å². The Balaban J connectivity index is 2.03. The van der Waals surface area contributed by atoms with Crippen LogP contribution in [0.15, 0.2) is 48.5 Å². The smallest absolute Gasteiger partial charge is 0.259 e. The second-order valence-electron chi connectivity index (χ2n) is 5.26. The molecular weight excluding hydrogens is 304 g/mol. The number of anilines is 2. The molecule has 0 bridgehead atoms. The minimum absolute atomic E-state index is 0.0140. The van der Waals surface area contributed by atoms with Crippen molar-refractivity contribution in [1.82, 2.24) is 0 Å². The number of amides is 2. The van der Waals surface area contributed by atoms with Crippen molar-refractivity contribution >= 4 is 23.2 Å². The van der Waals surface area contributed by atoms with Crippen LogP contribution in [0.1, 0.15) is 37.0 Å². The molecule has 0 radical (unpaired) electrons. The normalized spacial score (nSPS) is 10.1. The van der Waals surface area contributed by atoms with Gasteiger partial charge in [-0.25, -0.2) is 0 Å². The maximum atomic E-state index is 12.4. The van der Waals surface area contributed by atoms with E-state index in [1.165, 1.54) is 0 Å². The van der Waals surface area contributed by atoms with Crippen molar-refractivity contribution in [2.45, 2.75) is 26.7 Å². The summed E-state index contributed by atoms with van der Waals surface area (Å²) in [5.74, 6) is 0.308. The topological polar surface area (TPSA) is 67.4 Å². The molecule has 0 spiro atoms. The summed E-state index contributed by atoms with van der Waals surface area (Å²) in [4.78, 5) is 24.0. The summed E-state index contributed by atoms with van der Waals surface area (Å²) in [6.45, 7) is 4.33. The fraction of sp³-hybridized carbons (Fsp3) is 0.263. The fourth-order valence-electron chi connectivity index (χ4n) is 2.22. The van der Waals surface area contributed by atoms with Crippen molar-refractivity contribution < 1.29 is 14.3 Å². The third-order valence-electron chi connectivity index (χ3n) is 3.34. The van der Waals surface area contributed by atoms with Gasteiger partial charge in [0.2, 0.25) is 5.91 Å². The maximum absolute atomic E-state index is 12.4. The molecule has 0 saturated carbocycles. The summed E-state index contributed by atoms with van der Waals surface area (Å²) in [6, 6.07) is 14.1. The highest BCUT2D eigenvalue weighted by molar-refractivity contribution is 6.06. The number of para-hydroxylation sites is 1. The molecule has 0 atom stereocenters. The minimum Gasteiger partial charge on any atom is -0.493 e. The Labute approximate surface area is 142 Å². The monoisotopic (exact) mass is 326 g/mol. The van der Waals surface area contributed by atoms with Crippen LogP contribution in [0.5, 0.6) is 5.75 Å². The zero-order valence-electron chi connectivity index (χ0n) is 14.0. The van der Waals surface area contributed by atoms with Crippen molar-refractivity contribution in [2.75, 3.05) is 17.2 Å². The lowest BCUT2D eigenvalue weighted by atomic mass is 10.2. The number of nitrogens with one attached hydrogen (secondary N) is 2. The van der Waals surface area contributed by atoms with Gasteiger partial charge in [-0.05, 0) is 49.7 Å². The predicted molar refractivity (Wildman–Crippen MR) is 95.5 cm³/mol. The number of carbonyl (C=O) groups is 2. The molecule has 2 N–H and O–H groups in total. The van der Waals surface area contributed by atoms with Crippen LogP contribution in [0, 0.1) is 0 Å². The first-order chi connectivity index (χ1) is 11.6. The molecule has 0 fully saturated rings. The molecule has 0 aliphatic rings. The van der Waals surface area contributed by atoms with E-state index in [0.29, 0.717) is 35.7 Å². The van der Waals surface area contributed by atoms with Crippen molar-refractivity contribution in [3.05, 3.63) is 54.1 Å². The van der Waals surface area contributed by atoms with Gasteiger partial charge in [0.25, 0.3) is 5.91 Å². The molecule has 2 amide bonds. The molecule has 2 aromatic carbocycles. The summed E-state index contributed by atoms with van der Waals surface area (Å²) in [6.07, 6.45) is 1.30. The Kier molecular flexibility index (Phi) is 6.37. The van der Waals surface area contributed by atoms with E-state index in [0.717, 1.165) is 6.42 Å². The number of rotatable bonds is 7. The van der Waals surface area contributed by atoms with E-state index in [1.807, 2.05) is 19.9 Å². The Morgan fingerprint density at radius 3 is 2.17 bits per heavy atom. The first-order valence-electron chi connectivity index (χ1n) is 8.07. The molecule has 0 saturated heterocycles. The average molecular weight is 326 g/mol. The largest absolute Gasteiger partial charge is 0.493 e. The van der Waals surface area contributed by atoms with Gasteiger partial charge in [-0.3, -0.25) is 9.59 Å². The van der Waals surface area contributed by atoms with E-state index in [4.69, 9.17) is 4.74 Å². The van der Waals surface area contributed by atoms with E-state index in [2.05, 4.69) is 10.6 Å². The highest BCUT2D eigenvalue weighted by atomic mass is 16.5. The number of hydrogen-bond donors (Lipinski definition) is 2. The van der Waals surface area contributed by atoms with Gasteiger partial charge < -0.3 is 15.4 Å². The molecule has 0 aliphatic carbocycles. The summed E-state index contributed by atoms with van der Waals surface area (Å²) >= 11 is 0. The second kappa shape index (κ2) is 8.72. The Hall–Kier alpha value is -2.82. The third kappa shape index (κ3) is 4.84. The van der Waals surface area contributed by atoms with E-state index >= 15 is 0 Å². The van der Waals surface area contributed by atoms with E-state index in [9.17, 15) is 9.59 Å². The number of benzene rings is 2. The van der Waals surface area contributed by atoms with Crippen LogP contribution in [0.25, 0.3) is 0 Å². The van der Waals surface area contributed by atoms with Crippen LogP contribution in [0.4, 0.5) is 11.4 Å². The van der Waals surface area contributed by atoms with Crippen LogP contribution in [-0.2, 0) is 4.79 Å². The zero-order valence-corrected chi connectivity index (χ0v) is 14.0. The second-order valence-corrected chi connectivity index (χ2v) is 5.26. The van der Waals surface area contributed by atoms with Crippen LogP contribution < -0.4 is 15.4 Å². The number of hydrogen-bond acceptors (Lipinski definition) is 3. The molecule has 0 aromatic heterocycles. The predicted octanol–water partition coefficient (Wildman–Crippen LogP) is 4.08. The van der Waals surface area contributed by atoms with E-state index in [1.54, 1.807) is 42.5 Å². The van der Waals surface area contributed by atoms with E-state index < -0.39 is 0 Å². The summed E-state index contributed by atoms with van der Waals surface area (Å²) < 4.78 is 5.47. The molecule has 0 aliphatic heterocycles. The van der Waals surface area contributed by atoms with Crippen molar-refractivity contribution in [3.8, 4) is 5.75 Å². The molecule has 0 unspecified atom stereocenters. The molecule has 2 rings (SSSR count). The van der Waals surface area contributed by atoms with Gasteiger partial charge in [0, 0.05) is 17.8 Å². The molecular formula is C19H22N2O3. The Bertz CT molecular complexity index is 696. The zero-order chi connectivity index (χ0) is 17.4. The van der Waals surface area contributed by atoms with Gasteiger partial charge in [-0.15, -0.1) is 0 Å². The van der Waals surface area contributed by atoms with Gasteiger partial charge in [-0.1, -0.05) is 19.1 Å².